The summed E-state index contributed by atoms with van der Waals surface area (Å²) in [7, 11) is -7.61. The summed E-state index contributed by atoms with van der Waals surface area (Å²) in [5.74, 6) is 0. The largest absolute Gasteiger partial charge is 0.279 e. The van der Waals surface area contributed by atoms with E-state index in [4.69, 9.17) is 5.14 Å². The minimum atomic E-state index is -3.90. The van der Waals surface area contributed by atoms with Gasteiger partial charge in [0.15, 0.2) is 0 Å². The van der Waals surface area contributed by atoms with Gasteiger partial charge in [0.05, 0.1) is 10.6 Å². The zero-order valence-electron chi connectivity index (χ0n) is 10.4. The monoisotopic (exact) mass is 332 g/mol. The Balaban J connectivity index is 2.42. The third-order valence-corrected chi connectivity index (χ3v) is 6.34. The van der Waals surface area contributed by atoms with Crippen molar-refractivity contribution in [2.24, 2.45) is 5.14 Å². The molecule has 0 atom stereocenters. The summed E-state index contributed by atoms with van der Waals surface area (Å²) in [5.41, 5.74) is 0.597. The van der Waals surface area contributed by atoms with E-state index in [9.17, 15) is 16.8 Å². The van der Waals surface area contributed by atoms with Crippen molar-refractivity contribution in [1.82, 2.24) is 0 Å². The molecule has 0 fully saturated rings. The van der Waals surface area contributed by atoms with Gasteiger partial charge < -0.3 is 0 Å². The van der Waals surface area contributed by atoms with E-state index in [-0.39, 0.29) is 14.8 Å². The topological polar surface area (TPSA) is 106 Å². The molecule has 2 rings (SSSR count). The number of primary sulfonamides is 1. The molecule has 108 valence electrons. The molecule has 0 unspecified atom stereocenters. The molecular weight excluding hydrogens is 320 g/mol. The summed E-state index contributed by atoms with van der Waals surface area (Å²) in [6, 6.07) is 7.25. The normalized spacial score (nSPS) is 12.3. The predicted molar refractivity (Wildman–Crippen MR) is 77.7 cm³/mol. The Kier molecular flexibility index (Phi) is 3.87. The highest BCUT2D eigenvalue weighted by atomic mass is 32.2. The molecule has 2 aromatic rings. The van der Waals surface area contributed by atoms with E-state index in [1.165, 1.54) is 24.3 Å². The van der Waals surface area contributed by atoms with Crippen molar-refractivity contribution in [2.75, 3.05) is 4.72 Å². The van der Waals surface area contributed by atoms with Crippen LogP contribution in [0.2, 0.25) is 0 Å². The molecule has 0 bridgehead atoms. The number of thiophene rings is 1. The van der Waals surface area contributed by atoms with Crippen molar-refractivity contribution in [3.8, 4) is 0 Å². The van der Waals surface area contributed by atoms with Crippen molar-refractivity contribution in [1.29, 1.82) is 0 Å². The Morgan fingerprint density at radius 3 is 2.40 bits per heavy atom. The third kappa shape index (κ3) is 3.18. The highest BCUT2D eigenvalue weighted by molar-refractivity contribution is 7.94. The van der Waals surface area contributed by atoms with Gasteiger partial charge in [-0.05, 0) is 36.1 Å². The molecule has 6 nitrogen and oxygen atoms in total. The fourth-order valence-electron chi connectivity index (χ4n) is 1.59. The average Bonchev–Trinajstić information content (AvgIpc) is 2.84. The lowest BCUT2D eigenvalue weighted by Crippen LogP contribution is -2.15. The van der Waals surface area contributed by atoms with Gasteiger partial charge in [-0.2, -0.15) is 0 Å². The number of sulfonamides is 2. The molecule has 0 saturated heterocycles. The van der Waals surface area contributed by atoms with Crippen molar-refractivity contribution in [3.05, 3.63) is 41.3 Å². The van der Waals surface area contributed by atoms with Crippen LogP contribution in [0.1, 0.15) is 5.56 Å². The Morgan fingerprint density at radius 2 is 1.85 bits per heavy atom. The lowest BCUT2D eigenvalue weighted by molar-refractivity contribution is 0.596. The molecular formula is C11H12N2O4S3. The van der Waals surface area contributed by atoms with Crippen LogP contribution in [0, 0.1) is 6.92 Å². The van der Waals surface area contributed by atoms with Gasteiger partial charge in [0, 0.05) is 0 Å². The van der Waals surface area contributed by atoms with Crippen molar-refractivity contribution in [3.63, 3.8) is 0 Å². The van der Waals surface area contributed by atoms with Gasteiger partial charge >= 0.3 is 0 Å². The number of hydrogen-bond donors (Lipinski definition) is 2. The van der Waals surface area contributed by atoms with Crippen LogP contribution in [0.4, 0.5) is 5.69 Å². The first-order valence-electron chi connectivity index (χ1n) is 5.40. The van der Waals surface area contributed by atoms with E-state index >= 15 is 0 Å². The summed E-state index contributed by atoms with van der Waals surface area (Å²) in [6.07, 6.45) is 0. The van der Waals surface area contributed by atoms with Crippen molar-refractivity contribution >= 4 is 37.1 Å². The zero-order chi connectivity index (χ0) is 15.0. The predicted octanol–water partition coefficient (Wildman–Crippen LogP) is 1.50. The summed E-state index contributed by atoms with van der Waals surface area (Å²) in [4.78, 5) is -0.108. The smallest absolute Gasteiger partial charge is 0.271 e. The van der Waals surface area contributed by atoms with Crippen LogP contribution in [-0.2, 0) is 20.0 Å². The fourth-order valence-corrected chi connectivity index (χ4v) is 4.44. The molecule has 1 heterocycles. The summed E-state index contributed by atoms with van der Waals surface area (Å²) in [6.45, 7) is 1.58. The van der Waals surface area contributed by atoms with E-state index in [1.54, 1.807) is 18.4 Å². The standard InChI is InChI=1S/C11H12N2O4S3/c1-8-4-5-9(7-10(8)19(12,14)15)13-20(16,17)11-3-2-6-18-11/h2-7,13H,1H3,(H2,12,14,15). The molecule has 20 heavy (non-hydrogen) atoms. The van der Waals surface area contributed by atoms with Crippen LogP contribution >= 0.6 is 11.3 Å². The minimum absolute atomic E-state index is 0.108. The van der Waals surface area contributed by atoms with E-state index < -0.39 is 20.0 Å². The number of rotatable bonds is 4. The number of hydrogen-bond acceptors (Lipinski definition) is 5. The van der Waals surface area contributed by atoms with Crippen LogP contribution in [0.15, 0.2) is 44.8 Å². The third-order valence-electron chi connectivity index (χ3n) is 2.51. The van der Waals surface area contributed by atoms with Crippen LogP contribution in [0.5, 0.6) is 0 Å². The van der Waals surface area contributed by atoms with Gasteiger partial charge in [-0.3, -0.25) is 4.72 Å². The number of aryl methyl sites for hydroxylation is 1. The van der Waals surface area contributed by atoms with E-state index in [2.05, 4.69) is 4.72 Å². The quantitative estimate of drug-likeness (QED) is 0.885. The first-order chi connectivity index (χ1) is 9.20. The van der Waals surface area contributed by atoms with Gasteiger partial charge in [-0.1, -0.05) is 12.1 Å². The molecule has 0 amide bonds. The molecule has 0 radical (unpaired) electrons. The number of nitrogens with one attached hydrogen (secondary N) is 1. The first kappa shape index (κ1) is 15.0. The van der Waals surface area contributed by atoms with Crippen molar-refractivity contribution in [2.45, 2.75) is 16.0 Å². The van der Waals surface area contributed by atoms with Crippen molar-refractivity contribution < 1.29 is 16.8 Å². The molecule has 9 heteroatoms. The summed E-state index contributed by atoms with van der Waals surface area (Å²) in [5, 5.41) is 6.72. The second kappa shape index (κ2) is 5.17. The SMILES string of the molecule is Cc1ccc(NS(=O)(=O)c2cccs2)cc1S(N)(=O)=O. The first-order valence-corrected chi connectivity index (χ1v) is 9.31. The Morgan fingerprint density at radius 1 is 1.15 bits per heavy atom. The lowest BCUT2D eigenvalue weighted by Gasteiger charge is -2.09. The maximum Gasteiger partial charge on any atom is 0.271 e. The minimum Gasteiger partial charge on any atom is -0.279 e. The van der Waals surface area contributed by atoms with E-state index in [0.717, 1.165) is 11.3 Å². The number of benzene rings is 1. The molecule has 0 saturated carbocycles. The number of anilines is 1. The van der Waals surface area contributed by atoms with Crippen LogP contribution in [0.3, 0.4) is 0 Å². The van der Waals surface area contributed by atoms with Gasteiger partial charge in [-0.25, -0.2) is 22.0 Å². The maximum atomic E-state index is 12.0. The Hall–Kier alpha value is -1.42. The second-order valence-electron chi connectivity index (χ2n) is 4.06. The van der Waals surface area contributed by atoms with Gasteiger partial charge in [0.25, 0.3) is 10.0 Å². The zero-order valence-corrected chi connectivity index (χ0v) is 12.8. The average molecular weight is 332 g/mol. The highest BCUT2D eigenvalue weighted by Gasteiger charge is 2.17. The Labute approximate surface area is 121 Å². The maximum absolute atomic E-state index is 12.0. The summed E-state index contributed by atoms with van der Waals surface area (Å²) < 4.78 is 49.3. The van der Waals surface area contributed by atoms with Gasteiger partial charge in [-0.15, -0.1) is 11.3 Å². The Bertz CT molecular complexity index is 825. The van der Waals surface area contributed by atoms with Crippen LogP contribution in [0.25, 0.3) is 0 Å². The molecule has 0 aliphatic rings. The van der Waals surface area contributed by atoms with E-state index in [1.807, 2.05) is 0 Å². The van der Waals surface area contributed by atoms with Gasteiger partial charge in [0.1, 0.15) is 4.21 Å². The highest BCUT2D eigenvalue weighted by Crippen LogP contribution is 2.23. The molecule has 1 aromatic carbocycles. The molecule has 0 spiro atoms. The lowest BCUT2D eigenvalue weighted by atomic mass is 10.2. The molecule has 0 aliphatic carbocycles. The molecule has 3 N–H and O–H groups in total. The fraction of sp³-hybridized carbons (Fsp3) is 0.0909. The second-order valence-corrected chi connectivity index (χ2v) is 8.45. The summed E-state index contributed by atoms with van der Waals surface area (Å²) >= 11 is 1.07. The molecule has 1 aromatic heterocycles. The van der Waals surface area contributed by atoms with Crippen LogP contribution in [-0.4, -0.2) is 16.8 Å². The van der Waals surface area contributed by atoms with E-state index in [0.29, 0.717) is 5.56 Å². The number of nitrogens with two attached hydrogens (primary N) is 1. The van der Waals surface area contributed by atoms with Crippen LogP contribution < -0.4 is 9.86 Å². The van der Waals surface area contributed by atoms with Gasteiger partial charge in [0.2, 0.25) is 10.0 Å². The molecule has 0 aliphatic heterocycles.